The lowest BCUT2D eigenvalue weighted by Gasteiger charge is -2.25. The first-order chi connectivity index (χ1) is 8.70. The van der Waals surface area contributed by atoms with Crippen molar-refractivity contribution in [2.24, 2.45) is 0 Å². The Bertz CT molecular complexity index is 476. The van der Waals surface area contributed by atoms with E-state index in [0.717, 1.165) is 11.6 Å². The van der Waals surface area contributed by atoms with Crippen LogP contribution in [0.3, 0.4) is 0 Å². The third-order valence-electron chi connectivity index (χ3n) is 2.63. The predicted octanol–water partition coefficient (Wildman–Crippen LogP) is 1.52. The summed E-state index contributed by atoms with van der Waals surface area (Å²) in [5, 5.41) is 9.90. The van der Waals surface area contributed by atoms with Gasteiger partial charge in [0.05, 0.1) is 13.2 Å². The van der Waals surface area contributed by atoms with E-state index in [0.29, 0.717) is 0 Å². The van der Waals surface area contributed by atoms with Gasteiger partial charge in [-0.15, -0.1) is 0 Å². The molecule has 2 atom stereocenters. The molecule has 1 N–H and O–H groups in total. The molecule has 1 aromatic carbocycles. The second kappa shape index (κ2) is 5.51. The van der Waals surface area contributed by atoms with Crippen molar-refractivity contribution in [2.75, 3.05) is 7.11 Å². The molecule has 0 fully saturated rings. The lowest BCUT2D eigenvalue weighted by molar-refractivity contribution is -0.148. The van der Waals surface area contributed by atoms with Gasteiger partial charge < -0.3 is 14.6 Å². The molecule has 0 unspecified atom stereocenters. The molecule has 2 rings (SSSR count). The first kappa shape index (κ1) is 12.4. The number of carbonyl (C=O) groups is 1. The fourth-order valence-corrected chi connectivity index (χ4v) is 1.69. The van der Waals surface area contributed by atoms with Crippen molar-refractivity contribution in [3.8, 4) is 0 Å². The zero-order chi connectivity index (χ0) is 13.0. The maximum absolute atomic E-state index is 11.3. The Morgan fingerprint density at radius 3 is 2.72 bits per heavy atom. The quantitative estimate of drug-likeness (QED) is 0.821. The number of esters is 1. The van der Waals surface area contributed by atoms with Gasteiger partial charge in [-0.1, -0.05) is 36.4 Å². The van der Waals surface area contributed by atoms with Gasteiger partial charge in [-0.2, -0.15) is 0 Å². The molecule has 1 aliphatic heterocycles. The van der Waals surface area contributed by atoms with Crippen LogP contribution in [0.5, 0.6) is 0 Å². The first-order valence-corrected chi connectivity index (χ1v) is 5.58. The van der Waals surface area contributed by atoms with Crippen molar-refractivity contribution < 1.29 is 19.4 Å². The highest BCUT2D eigenvalue weighted by atomic mass is 16.6. The van der Waals surface area contributed by atoms with Crippen LogP contribution in [-0.4, -0.2) is 30.4 Å². The summed E-state index contributed by atoms with van der Waals surface area (Å²) in [5.41, 5.74) is 0.967. The second-order valence-corrected chi connectivity index (χ2v) is 3.87. The Hall–Kier alpha value is -2.07. The van der Waals surface area contributed by atoms with Gasteiger partial charge in [0.15, 0.2) is 12.2 Å². The Morgan fingerprint density at radius 2 is 2.06 bits per heavy atom. The highest BCUT2D eigenvalue weighted by Crippen LogP contribution is 2.19. The molecular formula is C14H14O4. The smallest absolute Gasteiger partial charge is 0.334 e. The van der Waals surface area contributed by atoms with Gasteiger partial charge in [-0.3, -0.25) is 0 Å². The standard InChI is InChI=1S/C14H14O4/c1-17-12-9-13(15)18-11(14(12)16)8-7-10-5-3-2-4-6-10/h2-9,11,14,16H,1H3/b8-7+/t11-,14+/m0/s1. The van der Waals surface area contributed by atoms with Crippen LogP contribution < -0.4 is 0 Å². The minimum Gasteiger partial charge on any atom is -0.498 e. The molecule has 0 spiro atoms. The zero-order valence-electron chi connectivity index (χ0n) is 9.95. The molecule has 18 heavy (non-hydrogen) atoms. The number of hydrogen-bond acceptors (Lipinski definition) is 4. The average Bonchev–Trinajstić information content (AvgIpc) is 2.40. The van der Waals surface area contributed by atoms with E-state index in [-0.39, 0.29) is 5.76 Å². The van der Waals surface area contributed by atoms with Gasteiger partial charge in [0.25, 0.3) is 0 Å². The Morgan fingerprint density at radius 1 is 1.33 bits per heavy atom. The molecule has 0 radical (unpaired) electrons. The molecule has 0 bridgehead atoms. The Balaban J connectivity index is 2.13. The maximum atomic E-state index is 11.3. The minimum atomic E-state index is -0.965. The third kappa shape index (κ3) is 2.78. The van der Waals surface area contributed by atoms with Crippen molar-refractivity contribution in [1.29, 1.82) is 0 Å². The van der Waals surface area contributed by atoms with Crippen LogP contribution in [0.25, 0.3) is 6.08 Å². The number of ether oxygens (including phenoxy) is 2. The summed E-state index contributed by atoms with van der Waals surface area (Å²) in [7, 11) is 1.41. The normalized spacial score (nSPS) is 23.7. The fraction of sp³-hybridized carbons (Fsp3) is 0.214. The van der Waals surface area contributed by atoms with Crippen molar-refractivity contribution >= 4 is 12.0 Å². The number of carbonyl (C=O) groups excluding carboxylic acids is 1. The summed E-state index contributed by atoms with van der Waals surface area (Å²) in [5.74, 6) is -0.297. The fourth-order valence-electron chi connectivity index (χ4n) is 1.69. The monoisotopic (exact) mass is 246 g/mol. The van der Waals surface area contributed by atoms with Crippen LogP contribution in [-0.2, 0) is 14.3 Å². The lowest BCUT2D eigenvalue weighted by atomic mass is 10.1. The average molecular weight is 246 g/mol. The molecule has 0 aromatic heterocycles. The van der Waals surface area contributed by atoms with E-state index in [9.17, 15) is 9.90 Å². The summed E-state index contributed by atoms with van der Waals surface area (Å²) >= 11 is 0. The van der Waals surface area contributed by atoms with Gasteiger partial charge in [-0.05, 0) is 11.6 Å². The molecule has 1 aromatic rings. The summed E-state index contributed by atoms with van der Waals surface area (Å²) < 4.78 is 9.95. The number of aliphatic hydroxyl groups excluding tert-OH is 1. The van der Waals surface area contributed by atoms with Gasteiger partial charge >= 0.3 is 5.97 Å². The van der Waals surface area contributed by atoms with Gasteiger partial charge in [0.2, 0.25) is 0 Å². The molecule has 0 aliphatic carbocycles. The van der Waals surface area contributed by atoms with E-state index in [4.69, 9.17) is 9.47 Å². The van der Waals surface area contributed by atoms with E-state index in [1.165, 1.54) is 7.11 Å². The van der Waals surface area contributed by atoms with Crippen molar-refractivity contribution in [3.63, 3.8) is 0 Å². The molecule has 4 nitrogen and oxygen atoms in total. The van der Waals surface area contributed by atoms with Crippen LogP contribution in [0.2, 0.25) is 0 Å². The summed E-state index contributed by atoms with van der Waals surface area (Å²) in [6, 6.07) is 9.56. The largest absolute Gasteiger partial charge is 0.498 e. The van der Waals surface area contributed by atoms with E-state index in [1.54, 1.807) is 12.2 Å². The van der Waals surface area contributed by atoms with E-state index < -0.39 is 18.2 Å². The van der Waals surface area contributed by atoms with Crippen molar-refractivity contribution in [3.05, 3.63) is 53.8 Å². The van der Waals surface area contributed by atoms with Crippen LogP contribution in [0.1, 0.15) is 5.56 Å². The summed E-state index contributed by atoms with van der Waals surface area (Å²) in [4.78, 5) is 11.3. The van der Waals surface area contributed by atoms with Crippen molar-refractivity contribution in [1.82, 2.24) is 0 Å². The number of aliphatic hydroxyl groups is 1. The van der Waals surface area contributed by atoms with E-state index >= 15 is 0 Å². The van der Waals surface area contributed by atoms with E-state index in [1.807, 2.05) is 30.3 Å². The van der Waals surface area contributed by atoms with Crippen LogP contribution in [0.4, 0.5) is 0 Å². The molecule has 1 heterocycles. The highest BCUT2D eigenvalue weighted by molar-refractivity contribution is 5.84. The van der Waals surface area contributed by atoms with Crippen LogP contribution in [0, 0.1) is 0 Å². The number of methoxy groups -OCH3 is 1. The number of cyclic esters (lactones) is 1. The summed E-state index contributed by atoms with van der Waals surface area (Å²) in [6.45, 7) is 0. The number of hydrogen-bond donors (Lipinski definition) is 1. The summed E-state index contributed by atoms with van der Waals surface area (Å²) in [6.07, 6.45) is 2.90. The molecule has 0 amide bonds. The zero-order valence-corrected chi connectivity index (χ0v) is 9.95. The third-order valence-corrected chi connectivity index (χ3v) is 2.63. The number of rotatable bonds is 3. The second-order valence-electron chi connectivity index (χ2n) is 3.87. The predicted molar refractivity (Wildman–Crippen MR) is 66.5 cm³/mol. The molecule has 0 saturated carbocycles. The first-order valence-electron chi connectivity index (χ1n) is 5.58. The van der Waals surface area contributed by atoms with Gasteiger partial charge in [0.1, 0.15) is 5.76 Å². The lowest BCUT2D eigenvalue weighted by Crippen LogP contribution is -2.35. The maximum Gasteiger partial charge on any atom is 0.334 e. The van der Waals surface area contributed by atoms with Gasteiger partial charge in [-0.25, -0.2) is 4.79 Å². The van der Waals surface area contributed by atoms with Crippen LogP contribution in [0.15, 0.2) is 48.2 Å². The molecule has 94 valence electrons. The highest BCUT2D eigenvalue weighted by Gasteiger charge is 2.30. The van der Waals surface area contributed by atoms with E-state index in [2.05, 4.69) is 0 Å². The Kier molecular flexibility index (Phi) is 3.79. The minimum absolute atomic E-state index is 0.217. The molecular weight excluding hydrogens is 232 g/mol. The Labute approximate surface area is 105 Å². The van der Waals surface area contributed by atoms with Gasteiger partial charge in [0, 0.05) is 0 Å². The molecule has 4 heteroatoms. The number of benzene rings is 1. The van der Waals surface area contributed by atoms with Crippen molar-refractivity contribution in [2.45, 2.75) is 12.2 Å². The topological polar surface area (TPSA) is 55.8 Å². The molecule has 1 aliphatic rings. The van der Waals surface area contributed by atoms with Crippen LogP contribution >= 0.6 is 0 Å². The molecule has 0 saturated heterocycles. The SMILES string of the molecule is COC1=CC(=O)O[C@@H](/C=C/c2ccccc2)[C@H]1O.